The standard InChI is InChI=1S/C18H30O2/c1-2-3-4-5-6-9-16(19)15-14-18(11-7-8-12-18)13-10-17(15)20/h15H,2-14H2,1H3. The van der Waals surface area contributed by atoms with Gasteiger partial charge in [-0.25, -0.2) is 0 Å². The Bertz CT molecular complexity index is 339. The van der Waals surface area contributed by atoms with Gasteiger partial charge in [0.25, 0.3) is 0 Å². The first-order valence-corrected chi connectivity index (χ1v) is 8.72. The van der Waals surface area contributed by atoms with Gasteiger partial charge >= 0.3 is 0 Å². The number of carbonyl (C=O) groups excluding carboxylic acids is 2. The average Bonchev–Trinajstić information content (AvgIpc) is 2.90. The maximum atomic E-state index is 12.4. The molecule has 0 aromatic rings. The third kappa shape index (κ3) is 3.93. The highest BCUT2D eigenvalue weighted by Crippen LogP contribution is 2.50. The molecule has 114 valence electrons. The number of unbranched alkanes of at least 4 members (excludes halogenated alkanes) is 4. The number of hydrogen-bond acceptors (Lipinski definition) is 2. The van der Waals surface area contributed by atoms with Crippen LogP contribution in [0.15, 0.2) is 0 Å². The van der Waals surface area contributed by atoms with Crippen LogP contribution in [-0.4, -0.2) is 11.6 Å². The molecular weight excluding hydrogens is 248 g/mol. The summed E-state index contributed by atoms with van der Waals surface area (Å²) in [5, 5.41) is 0. The first-order chi connectivity index (χ1) is 9.67. The minimum absolute atomic E-state index is 0.237. The van der Waals surface area contributed by atoms with Gasteiger partial charge < -0.3 is 0 Å². The Morgan fingerprint density at radius 2 is 1.80 bits per heavy atom. The fraction of sp³-hybridized carbons (Fsp3) is 0.889. The largest absolute Gasteiger partial charge is 0.299 e. The van der Waals surface area contributed by atoms with Crippen LogP contribution in [0, 0.1) is 11.3 Å². The van der Waals surface area contributed by atoms with E-state index in [1.165, 1.54) is 44.9 Å². The summed E-state index contributed by atoms with van der Waals surface area (Å²) in [5.41, 5.74) is 0.358. The van der Waals surface area contributed by atoms with Gasteiger partial charge in [0.05, 0.1) is 5.92 Å². The lowest BCUT2D eigenvalue weighted by molar-refractivity contribution is -0.137. The molecule has 0 amide bonds. The van der Waals surface area contributed by atoms with Crippen molar-refractivity contribution >= 4 is 11.6 Å². The summed E-state index contributed by atoms with van der Waals surface area (Å²) >= 11 is 0. The second-order valence-corrected chi connectivity index (χ2v) is 7.06. The Morgan fingerprint density at radius 3 is 2.50 bits per heavy atom. The Labute approximate surface area is 123 Å². The predicted octanol–water partition coefficient (Wildman–Crippen LogP) is 4.85. The highest BCUT2D eigenvalue weighted by molar-refractivity contribution is 6.02. The highest BCUT2D eigenvalue weighted by atomic mass is 16.1. The van der Waals surface area contributed by atoms with E-state index in [9.17, 15) is 9.59 Å². The molecule has 2 aliphatic rings. The SMILES string of the molecule is CCCCCCCC(=O)C1CC2(CCCC2)CCC1=O. The van der Waals surface area contributed by atoms with Gasteiger partial charge in [-0.15, -0.1) is 0 Å². The number of carbonyl (C=O) groups is 2. The summed E-state index contributed by atoms with van der Waals surface area (Å²) < 4.78 is 0. The third-order valence-corrected chi connectivity index (χ3v) is 5.51. The molecule has 2 saturated carbocycles. The lowest BCUT2D eigenvalue weighted by Crippen LogP contribution is -2.36. The zero-order chi connectivity index (χ0) is 14.4. The number of rotatable bonds is 7. The molecule has 0 heterocycles. The lowest BCUT2D eigenvalue weighted by Gasteiger charge is -2.36. The molecule has 0 radical (unpaired) electrons. The van der Waals surface area contributed by atoms with Gasteiger partial charge in [0, 0.05) is 12.8 Å². The maximum Gasteiger partial charge on any atom is 0.143 e. The van der Waals surface area contributed by atoms with Crippen LogP contribution in [-0.2, 0) is 9.59 Å². The summed E-state index contributed by atoms with van der Waals surface area (Å²) in [6.07, 6.45) is 14.2. The van der Waals surface area contributed by atoms with Gasteiger partial charge in [0.2, 0.25) is 0 Å². The van der Waals surface area contributed by atoms with Gasteiger partial charge in [0.1, 0.15) is 11.6 Å². The van der Waals surface area contributed by atoms with E-state index in [1.54, 1.807) is 0 Å². The fourth-order valence-electron chi connectivity index (χ4n) is 4.16. The number of Topliss-reactive ketones (excluding diaryl/α,β-unsaturated/α-hetero) is 2. The van der Waals surface area contributed by atoms with E-state index in [4.69, 9.17) is 0 Å². The van der Waals surface area contributed by atoms with Crippen LogP contribution in [0.25, 0.3) is 0 Å². The molecule has 0 saturated heterocycles. The zero-order valence-electron chi connectivity index (χ0n) is 13.1. The van der Waals surface area contributed by atoms with Gasteiger partial charge in [0.15, 0.2) is 0 Å². The quantitative estimate of drug-likeness (QED) is 0.493. The Morgan fingerprint density at radius 1 is 1.10 bits per heavy atom. The second kappa shape index (κ2) is 7.38. The summed E-state index contributed by atoms with van der Waals surface area (Å²) in [7, 11) is 0. The molecule has 0 bridgehead atoms. The highest BCUT2D eigenvalue weighted by Gasteiger charge is 2.43. The van der Waals surface area contributed by atoms with Gasteiger partial charge in [-0.3, -0.25) is 9.59 Å². The number of ketones is 2. The van der Waals surface area contributed by atoms with Crippen molar-refractivity contribution in [1.29, 1.82) is 0 Å². The minimum atomic E-state index is -0.243. The van der Waals surface area contributed by atoms with Crippen LogP contribution in [0.3, 0.4) is 0 Å². The smallest absolute Gasteiger partial charge is 0.143 e. The van der Waals surface area contributed by atoms with E-state index in [-0.39, 0.29) is 17.5 Å². The molecule has 0 aromatic carbocycles. The first-order valence-electron chi connectivity index (χ1n) is 8.72. The van der Waals surface area contributed by atoms with Crippen molar-refractivity contribution in [3.05, 3.63) is 0 Å². The Hall–Kier alpha value is -0.660. The molecule has 20 heavy (non-hydrogen) atoms. The van der Waals surface area contributed by atoms with Crippen molar-refractivity contribution in [1.82, 2.24) is 0 Å². The Balaban J connectivity index is 1.79. The minimum Gasteiger partial charge on any atom is -0.299 e. The van der Waals surface area contributed by atoms with E-state index < -0.39 is 0 Å². The molecule has 1 unspecified atom stereocenters. The van der Waals surface area contributed by atoms with Crippen LogP contribution in [0.4, 0.5) is 0 Å². The molecule has 1 atom stereocenters. The van der Waals surface area contributed by atoms with Crippen molar-refractivity contribution in [2.45, 2.75) is 90.4 Å². The Kier molecular flexibility index (Phi) is 5.80. The van der Waals surface area contributed by atoms with Gasteiger partial charge in [-0.05, 0) is 37.5 Å². The predicted molar refractivity (Wildman–Crippen MR) is 81.6 cm³/mol. The molecule has 2 rings (SSSR count). The molecule has 2 heteroatoms. The van der Waals surface area contributed by atoms with Gasteiger partial charge in [-0.1, -0.05) is 45.4 Å². The monoisotopic (exact) mass is 278 g/mol. The second-order valence-electron chi connectivity index (χ2n) is 7.06. The van der Waals surface area contributed by atoms with E-state index in [2.05, 4.69) is 6.92 Å². The molecular formula is C18H30O2. The van der Waals surface area contributed by atoms with E-state index in [0.717, 1.165) is 25.7 Å². The summed E-state index contributed by atoms with van der Waals surface area (Å²) in [6.45, 7) is 2.20. The van der Waals surface area contributed by atoms with Gasteiger partial charge in [-0.2, -0.15) is 0 Å². The van der Waals surface area contributed by atoms with Crippen molar-refractivity contribution in [3.63, 3.8) is 0 Å². The van der Waals surface area contributed by atoms with Crippen molar-refractivity contribution in [2.75, 3.05) is 0 Å². The van der Waals surface area contributed by atoms with E-state index in [1.807, 2.05) is 0 Å². The molecule has 1 spiro atoms. The summed E-state index contributed by atoms with van der Waals surface area (Å²) in [5.74, 6) is 0.242. The average molecular weight is 278 g/mol. The van der Waals surface area contributed by atoms with Crippen LogP contribution in [0.2, 0.25) is 0 Å². The van der Waals surface area contributed by atoms with Crippen LogP contribution in [0.5, 0.6) is 0 Å². The van der Waals surface area contributed by atoms with Crippen LogP contribution in [0.1, 0.15) is 90.4 Å². The molecule has 2 aliphatic carbocycles. The molecule has 0 N–H and O–H groups in total. The molecule has 2 fully saturated rings. The first kappa shape index (κ1) is 15.7. The van der Waals surface area contributed by atoms with Crippen LogP contribution < -0.4 is 0 Å². The zero-order valence-corrected chi connectivity index (χ0v) is 13.1. The van der Waals surface area contributed by atoms with Crippen molar-refractivity contribution in [2.24, 2.45) is 11.3 Å². The number of hydrogen-bond donors (Lipinski definition) is 0. The van der Waals surface area contributed by atoms with E-state index in [0.29, 0.717) is 18.3 Å². The fourth-order valence-corrected chi connectivity index (χ4v) is 4.16. The summed E-state index contributed by atoms with van der Waals surface area (Å²) in [6, 6.07) is 0. The van der Waals surface area contributed by atoms with Crippen molar-refractivity contribution in [3.8, 4) is 0 Å². The maximum absolute atomic E-state index is 12.4. The molecule has 2 nitrogen and oxygen atoms in total. The third-order valence-electron chi connectivity index (χ3n) is 5.51. The topological polar surface area (TPSA) is 34.1 Å². The molecule has 0 aromatic heterocycles. The normalized spacial score (nSPS) is 25.2. The van der Waals surface area contributed by atoms with Crippen molar-refractivity contribution < 1.29 is 9.59 Å². The van der Waals surface area contributed by atoms with Crippen LogP contribution >= 0.6 is 0 Å². The molecule has 0 aliphatic heterocycles. The summed E-state index contributed by atoms with van der Waals surface area (Å²) in [4.78, 5) is 24.5. The van der Waals surface area contributed by atoms with E-state index >= 15 is 0 Å². The lowest BCUT2D eigenvalue weighted by atomic mass is 9.66.